The molecule has 7 heteroatoms. The fourth-order valence-corrected chi connectivity index (χ4v) is 3.56. The minimum Gasteiger partial charge on any atom is -0.382 e. The summed E-state index contributed by atoms with van der Waals surface area (Å²) in [5.41, 5.74) is 0. The standard InChI is InChI=1S/C17H33N3O2.2ClH/c1-3-22-11-5-9-20-10-7-16(14(2)13-20)19-17(21)15-6-4-8-18-12-15;;/h14-16,18H,3-13H2,1-2H3,(H,19,21);2*1H. The van der Waals surface area contributed by atoms with Crippen LogP contribution in [0.3, 0.4) is 0 Å². The number of likely N-dealkylation sites (tertiary alicyclic amines) is 1. The molecular formula is C17H35Cl2N3O2. The SMILES string of the molecule is CCOCCCN1CCC(NC(=O)C2CCCNC2)C(C)C1.Cl.Cl. The molecular weight excluding hydrogens is 349 g/mol. The molecule has 5 nitrogen and oxygen atoms in total. The Morgan fingerprint density at radius 3 is 2.75 bits per heavy atom. The number of hydrogen-bond acceptors (Lipinski definition) is 4. The highest BCUT2D eigenvalue weighted by Gasteiger charge is 2.29. The molecule has 2 aliphatic heterocycles. The van der Waals surface area contributed by atoms with Crippen molar-refractivity contribution in [2.75, 3.05) is 45.9 Å². The van der Waals surface area contributed by atoms with E-state index >= 15 is 0 Å². The number of carbonyl (C=O) groups excluding carboxylic acids is 1. The highest BCUT2D eigenvalue weighted by Crippen LogP contribution is 2.18. The first kappa shape index (κ1) is 23.9. The largest absolute Gasteiger partial charge is 0.382 e. The Morgan fingerprint density at radius 1 is 1.33 bits per heavy atom. The van der Waals surface area contributed by atoms with Crippen molar-refractivity contribution < 1.29 is 9.53 Å². The summed E-state index contributed by atoms with van der Waals surface area (Å²) < 4.78 is 5.40. The van der Waals surface area contributed by atoms with Crippen molar-refractivity contribution in [3.05, 3.63) is 0 Å². The summed E-state index contributed by atoms with van der Waals surface area (Å²) in [4.78, 5) is 14.9. The fraction of sp³-hybridized carbons (Fsp3) is 0.941. The maximum Gasteiger partial charge on any atom is 0.224 e. The van der Waals surface area contributed by atoms with Crippen LogP contribution in [0.25, 0.3) is 0 Å². The van der Waals surface area contributed by atoms with Gasteiger partial charge in [0.2, 0.25) is 5.91 Å². The molecule has 0 saturated carbocycles. The van der Waals surface area contributed by atoms with Crippen LogP contribution >= 0.6 is 24.8 Å². The van der Waals surface area contributed by atoms with E-state index in [1.807, 2.05) is 6.92 Å². The number of nitrogens with zero attached hydrogens (tertiary/aromatic N) is 1. The average molecular weight is 384 g/mol. The van der Waals surface area contributed by atoms with Crippen LogP contribution in [-0.2, 0) is 9.53 Å². The predicted molar refractivity (Wildman–Crippen MR) is 103 cm³/mol. The van der Waals surface area contributed by atoms with Gasteiger partial charge in [-0.3, -0.25) is 4.79 Å². The van der Waals surface area contributed by atoms with Gasteiger partial charge in [-0.15, -0.1) is 24.8 Å². The normalized spacial score (nSPS) is 27.7. The lowest BCUT2D eigenvalue weighted by atomic mass is 9.92. The zero-order chi connectivity index (χ0) is 15.8. The Morgan fingerprint density at radius 2 is 2.12 bits per heavy atom. The van der Waals surface area contributed by atoms with Crippen molar-refractivity contribution in [3.63, 3.8) is 0 Å². The molecule has 2 saturated heterocycles. The van der Waals surface area contributed by atoms with Gasteiger partial charge < -0.3 is 20.3 Å². The Balaban J connectivity index is 0.00000264. The Bertz CT molecular complexity index is 342. The minimum absolute atomic E-state index is 0. The Kier molecular flexibility index (Phi) is 13.1. The van der Waals surface area contributed by atoms with Gasteiger partial charge in [0.25, 0.3) is 0 Å². The molecule has 24 heavy (non-hydrogen) atoms. The van der Waals surface area contributed by atoms with E-state index in [9.17, 15) is 4.79 Å². The molecule has 2 fully saturated rings. The molecule has 1 amide bonds. The second kappa shape index (κ2) is 13.2. The zero-order valence-electron chi connectivity index (χ0n) is 15.1. The molecule has 0 aliphatic carbocycles. The minimum atomic E-state index is 0. The summed E-state index contributed by atoms with van der Waals surface area (Å²) in [6.45, 7) is 11.1. The average Bonchev–Trinajstić information content (AvgIpc) is 2.55. The molecule has 3 atom stereocenters. The molecule has 0 spiro atoms. The van der Waals surface area contributed by atoms with Crippen LogP contribution in [0.15, 0.2) is 0 Å². The van der Waals surface area contributed by atoms with E-state index in [-0.39, 0.29) is 36.6 Å². The van der Waals surface area contributed by atoms with Crippen LogP contribution in [0.2, 0.25) is 0 Å². The Labute approximate surface area is 159 Å². The number of carbonyl (C=O) groups is 1. The topological polar surface area (TPSA) is 53.6 Å². The molecule has 0 aromatic carbocycles. The van der Waals surface area contributed by atoms with Gasteiger partial charge in [0.05, 0.1) is 5.92 Å². The smallest absolute Gasteiger partial charge is 0.224 e. The third-order valence-electron chi connectivity index (χ3n) is 4.95. The van der Waals surface area contributed by atoms with Crippen LogP contribution in [0.4, 0.5) is 0 Å². The number of nitrogens with one attached hydrogen (secondary N) is 2. The van der Waals surface area contributed by atoms with Crippen molar-refractivity contribution in [2.24, 2.45) is 11.8 Å². The number of halogens is 2. The van der Waals surface area contributed by atoms with Crippen LogP contribution in [-0.4, -0.2) is 62.8 Å². The van der Waals surface area contributed by atoms with Crippen molar-refractivity contribution in [1.29, 1.82) is 0 Å². The number of rotatable bonds is 7. The van der Waals surface area contributed by atoms with Gasteiger partial charge >= 0.3 is 0 Å². The van der Waals surface area contributed by atoms with E-state index in [0.29, 0.717) is 12.0 Å². The van der Waals surface area contributed by atoms with Crippen LogP contribution in [0.1, 0.15) is 39.5 Å². The second-order valence-corrected chi connectivity index (χ2v) is 6.78. The molecule has 0 bridgehead atoms. The summed E-state index contributed by atoms with van der Waals surface area (Å²) in [7, 11) is 0. The lowest BCUT2D eigenvalue weighted by Gasteiger charge is -2.38. The van der Waals surface area contributed by atoms with Crippen molar-refractivity contribution in [1.82, 2.24) is 15.5 Å². The summed E-state index contributed by atoms with van der Waals surface area (Å²) in [5, 5.41) is 6.63. The molecule has 2 aliphatic rings. The first-order valence-electron chi connectivity index (χ1n) is 9.02. The number of piperidine rings is 2. The first-order chi connectivity index (χ1) is 10.7. The third-order valence-corrected chi connectivity index (χ3v) is 4.95. The van der Waals surface area contributed by atoms with Gasteiger partial charge in [-0.2, -0.15) is 0 Å². The predicted octanol–water partition coefficient (Wildman–Crippen LogP) is 2.08. The Hall–Kier alpha value is -0.0700. The highest BCUT2D eigenvalue weighted by atomic mass is 35.5. The zero-order valence-corrected chi connectivity index (χ0v) is 16.7. The van der Waals surface area contributed by atoms with Crippen LogP contribution < -0.4 is 10.6 Å². The number of hydrogen-bond donors (Lipinski definition) is 2. The van der Waals surface area contributed by atoms with E-state index < -0.39 is 0 Å². The quantitative estimate of drug-likeness (QED) is 0.660. The summed E-state index contributed by atoms with van der Waals surface area (Å²) in [6, 6.07) is 0.345. The fourth-order valence-electron chi connectivity index (χ4n) is 3.56. The molecule has 0 radical (unpaired) electrons. The molecule has 0 aromatic heterocycles. The van der Waals surface area contributed by atoms with E-state index in [1.54, 1.807) is 0 Å². The second-order valence-electron chi connectivity index (χ2n) is 6.78. The molecule has 2 N–H and O–H groups in total. The van der Waals surface area contributed by atoms with Gasteiger partial charge in [0.15, 0.2) is 0 Å². The summed E-state index contributed by atoms with van der Waals surface area (Å²) in [5.74, 6) is 0.959. The van der Waals surface area contributed by atoms with Gasteiger partial charge in [-0.25, -0.2) is 0 Å². The molecule has 2 heterocycles. The number of ether oxygens (including phenoxy) is 1. The maximum atomic E-state index is 12.4. The third kappa shape index (κ3) is 7.87. The summed E-state index contributed by atoms with van der Waals surface area (Å²) in [6.07, 6.45) is 4.32. The van der Waals surface area contributed by atoms with Gasteiger partial charge in [0, 0.05) is 45.4 Å². The van der Waals surface area contributed by atoms with E-state index in [2.05, 4.69) is 22.5 Å². The number of amides is 1. The lowest BCUT2D eigenvalue weighted by molar-refractivity contribution is -0.127. The van der Waals surface area contributed by atoms with Crippen LogP contribution in [0.5, 0.6) is 0 Å². The molecule has 0 aromatic rings. The van der Waals surface area contributed by atoms with Gasteiger partial charge in [-0.1, -0.05) is 6.92 Å². The first-order valence-corrected chi connectivity index (χ1v) is 9.02. The van der Waals surface area contributed by atoms with Gasteiger partial charge in [0.1, 0.15) is 0 Å². The van der Waals surface area contributed by atoms with E-state index in [0.717, 1.165) is 71.6 Å². The van der Waals surface area contributed by atoms with Crippen molar-refractivity contribution >= 4 is 30.7 Å². The lowest BCUT2D eigenvalue weighted by Crippen LogP contribution is -2.52. The molecule has 2 rings (SSSR count). The van der Waals surface area contributed by atoms with Crippen molar-refractivity contribution in [2.45, 2.75) is 45.6 Å². The highest BCUT2D eigenvalue weighted by molar-refractivity contribution is 5.85. The van der Waals surface area contributed by atoms with Crippen molar-refractivity contribution in [3.8, 4) is 0 Å². The van der Waals surface area contributed by atoms with Gasteiger partial charge in [-0.05, 0) is 45.1 Å². The molecule has 3 unspecified atom stereocenters. The maximum absolute atomic E-state index is 12.4. The monoisotopic (exact) mass is 383 g/mol. The summed E-state index contributed by atoms with van der Waals surface area (Å²) >= 11 is 0. The van der Waals surface area contributed by atoms with E-state index in [1.165, 1.54) is 0 Å². The van der Waals surface area contributed by atoms with E-state index in [4.69, 9.17) is 4.74 Å². The molecule has 144 valence electrons. The van der Waals surface area contributed by atoms with Crippen LogP contribution in [0, 0.1) is 11.8 Å².